The second-order valence-electron chi connectivity index (χ2n) is 6.32. The van der Waals surface area contributed by atoms with Crippen molar-refractivity contribution in [2.24, 2.45) is 23.8 Å². The van der Waals surface area contributed by atoms with Crippen LogP contribution in [-0.4, -0.2) is 16.4 Å². The average Bonchev–Trinajstić information content (AvgIpc) is 3.11. The molecule has 2 aromatic rings. The smallest absolute Gasteiger partial charge is 0.127 e. The molecule has 0 fully saturated rings. The summed E-state index contributed by atoms with van der Waals surface area (Å²) in [4.78, 5) is 0. The van der Waals surface area contributed by atoms with E-state index < -0.39 is 12.1 Å². The monoisotopic (exact) mass is 344 g/mol. The van der Waals surface area contributed by atoms with Crippen LogP contribution in [0.15, 0.2) is 47.1 Å². The minimum absolute atomic E-state index is 0.360. The molecule has 0 radical (unpaired) electrons. The lowest BCUT2D eigenvalue weighted by Gasteiger charge is -2.21. The van der Waals surface area contributed by atoms with Crippen molar-refractivity contribution in [2.45, 2.75) is 20.0 Å². The number of rotatable bonds is 3. The summed E-state index contributed by atoms with van der Waals surface area (Å²) < 4.78 is 2.06. The SMILES string of the molecule is Cc1cc(/C=C(/C#N)C2=NN(c3ccccc3)[C@@H](N)[C@@H]2C#N)c(C)n1C. The van der Waals surface area contributed by atoms with Crippen molar-refractivity contribution >= 4 is 17.5 Å². The van der Waals surface area contributed by atoms with E-state index in [1.807, 2.05) is 57.3 Å². The zero-order valence-electron chi connectivity index (χ0n) is 15.0. The fraction of sp³-hybridized carbons (Fsp3) is 0.250. The molecule has 26 heavy (non-hydrogen) atoms. The minimum Gasteiger partial charge on any atom is -0.352 e. The highest BCUT2D eigenvalue weighted by Gasteiger charge is 2.37. The Balaban J connectivity index is 2.06. The molecule has 1 aliphatic rings. The van der Waals surface area contributed by atoms with E-state index in [0.29, 0.717) is 11.3 Å². The van der Waals surface area contributed by atoms with Crippen LogP contribution in [0.1, 0.15) is 17.0 Å². The average molecular weight is 344 g/mol. The molecule has 1 aromatic carbocycles. The molecule has 130 valence electrons. The molecule has 1 aromatic heterocycles. The molecule has 0 unspecified atom stereocenters. The van der Waals surface area contributed by atoms with Crippen LogP contribution >= 0.6 is 0 Å². The van der Waals surface area contributed by atoms with E-state index in [-0.39, 0.29) is 0 Å². The van der Waals surface area contributed by atoms with E-state index in [0.717, 1.165) is 22.6 Å². The van der Waals surface area contributed by atoms with E-state index in [1.165, 1.54) is 0 Å². The number of aryl methyl sites for hydroxylation is 1. The lowest BCUT2D eigenvalue weighted by atomic mass is 9.95. The van der Waals surface area contributed by atoms with Gasteiger partial charge in [0.05, 0.1) is 23.0 Å². The van der Waals surface area contributed by atoms with Crippen LogP contribution in [-0.2, 0) is 7.05 Å². The Morgan fingerprint density at radius 1 is 1.23 bits per heavy atom. The van der Waals surface area contributed by atoms with E-state index in [2.05, 4.69) is 21.8 Å². The van der Waals surface area contributed by atoms with E-state index in [9.17, 15) is 10.5 Å². The summed E-state index contributed by atoms with van der Waals surface area (Å²) in [6.07, 6.45) is 1.15. The first kappa shape index (κ1) is 17.5. The number of para-hydroxylation sites is 1. The molecular weight excluding hydrogens is 324 g/mol. The van der Waals surface area contributed by atoms with Crippen LogP contribution in [0.3, 0.4) is 0 Å². The number of allylic oxidation sites excluding steroid dienone is 1. The van der Waals surface area contributed by atoms with Gasteiger partial charge in [0, 0.05) is 18.4 Å². The third-order valence-electron chi connectivity index (χ3n) is 4.80. The van der Waals surface area contributed by atoms with Crippen molar-refractivity contribution < 1.29 is 0 Å². The second kappa shape index (κ2) is 6.87. The van der Waals surface area contributed by atoms with Crippen molar-refractivity contribution in [3.63, 3.8) is 0 Å². The first-order valence-electron chi connectivity index (χ1n) is 8.31. The highest BCUT2D eigenvalue weighted by Crippen LogP contribution is 2.29. The van der Waals surface area contributed by atoms with Crippen molar-refractivity contribution in [2.75, 3.05) is 5.01 Å². The molecule has 6 nitrogen and oxygen atoms in total. The second-order valence-corrected chi connectivity index (χ2v) is 6.32. The molecule has 2 heterocycles. The Bertz CT molecular complexity index is 968. The Morgan fingerprint density at radius 2 is 1.92 bits per heavy atom. The third kappa shape index (κ3) is 2.88. The standard InChI is InChI=1S/C20H20N6/c1-13-9-15(14(2)25(13)3)10-16(11-21)19-18(12-22)20(23)26(24-19)17-7-5-4-6-8-17/h4-10,18,20H,23H2,1-3H3/b16-10-/t18-,20-/m1/s1. The van der Waals surface area contributed by atoms with Crippen LogP contribution in [0.2, 0.25) is 0 Å². The highest BCUT2D eigenvalue weighted by atomic mass is 15.5. The molecule has 0 saturated carbocycles. The largest absolute Gasteiger partial charge is 0.352 e. The van der Waals surface area contributed by atoms with Gasteiger partial charge < -0.3 is 10.3 Å². The van der Waals surface area contributed by atoms with Gasteiger partial charge in [-0.25, -0.2) is 5.01 Å². The Hall–Kier alpha value is -3.35. The zero-order chi connectivity index (χ0) is 18.8. The number of benzene rings is 1. The lowest BCUT2D eigenvalue weighted by Crippen LogP contribution is -2.40. The van der Waals surface area contributed by atoms with Gasteiger partial charge in [-0.1, -0.05) is 18.2 Å². The van der Waals surface area contributed by atoms with Crippen LogP contribution < -0.4 is 10.7 Å². The first-order chi connectivity index (χ1) is 12.5. The Kier molecular flexibility index (Phi) is 4.62. The number of nitriles is 2. The van der Waals surface area contributed by atoms with Gasteiger partial charge in [0.2, 0.25) is 0 Å². The molecule has 0 spiro atoms. The minimum atomic E-state index is -0.675. The quantitative estimate of drug-likeness (QED) is 0.866. The maximum Gasteiger partial charge on any atom is 0.127 e. The predicted octanol–water partition coefficient (Wildman–Crippen LogP) is 2.85. The number of hydrazone groups is 1. The topological polar surface area (TPSA) is 94.1 Å². The third-order valence-corrected chi connectivity index (χ3v) is 4.80. The van der Waals surface area contributed by atoms with Gasteiger partial charge in [-0.3, -0.25) is 0 Å². The molecule has 2 atom stereocenters. The number of aromatic nitrogens is 1. The van der Waals surface area contributed by atoms with E-state index in [1.54, 1.807) is 11.1 Å². The zero-order valence-corrected chi connectivity index (χ0v) is 15.0. The van der Waals surface area contributed by atoms with Crippen LogP contribution in [0.25, 0.3) is 6.08 Å². The summed E-state index contributed by atoms with van der Waals surface area (Å²) in [6, 6.07) is 15.8. The first-order valence-corrected chi connectivity index (χ1v) is 8.31. The van der Waals surface area contributed by atoms with E-state index >= 15 is 0 Å². The Labute approximate surface area is 153 Å². The number of hydrogen-bond acceptors (Lipinski definition) is 5. The highest BCUT2D eigenvalue weighted by molar-refractivity contribution is 6.11. The van der Waals surface area contributed by atoms with Gasteiger partial charge in [-0.05, 0) is 43.7 Å². The number of nitrogens with zero attached hydrogens (tertiary/aromatic N) is 5. The molecule has 2 N–H and O–H groups in total. The van der Waals surface area contributed by atoms with Crippen molar-refractivity contribution in [1.29, 1.82) is 10.5 Å². The van der Waals surface area contributed by atoms with Crippen molar-refractivity contribution in [3.8, 4) is 12.1 Å². The summed E-state index contributed by atoms with van der Waals surface area (Å²) in [5.41, 5.74) is 10.9. The molecular formula is C20H20N6. The van der Waals surface area contributed by atoms with Crippen LogP contribution in [0.5, 0.6) is 0 Å². The fourth-order valence-corrected chi connectivity index (χ4v) is 3.07. The molecule has 0 aliphatic carbocycles. The van der Waals surface area contributed by atoms with Crippen LogP contribution in [0, 0.1) is 42.4 Å². The van der Waals surface area contributed by atoms with Gasteiger partial charge in [-0.2, -0.15) is 15.6 Å². The normalized spacial score (nSPS) is 19.8. The number of anilines is 1. The van der Waals surface area contributed by atoms with E-state index in [4.69, 9.17) is 5.73 Å². The predicted molar refractivity (Wildman–Crippen MR) is 102 cm³/mol. The number of nitrogens with two attached hydrogens (primary N) is 1. The van der Waals surface area contributed by atoms with Crippen molar-refractivity contribution in [3.05, 3.63) is 58.9 Å². The summed E-state index contributed by atoms with van der Waals surface area (Å²) in [5, 5.41) is 25.4. The molecule has 0 amide bonds. The molecule has 0 saturated heterocycles. The van der Waals surface area contributed by atoms with Gasteiger partial charge in [0.15, 0.2) is 0 Å². The van der Waals surface area contributed by atoms with Gasteiger partial charge in [0.25, 0.3) is 0 Å². The summed E-state index contributed by atoms with van der Waals surface area (Å²) >= 11 is 0. The summed E-state index contributed by atoms with van der Waals surface area (Å²) in [5.74, 6) is -0.675. The molecule has 0 bridgehead atoms. The summed E-state index contributed by atoms with van der Waals surface area (Å²) in [6.45, 7) is 4.00. The molecule has 6 heteroatoms. The van der Waals surface area contributed by atoms with Gasteiger partial charge in [-0.15, -0.1) is 0 Å². The van der Waals surface area contributed by atoms with Crippen LogP contribution in [0.4, 0.5) is 5.69 Å². The van der Waals surface area contributed by atoms with Crippen molar-refractivity contribution in [1.82, 2.24) is 4.57 Å². The van der Waals surface area contributed by atoms with Gasteiger partial charge in [0.1, 0.15) is 18.2 Å². The van der Waals surface area contributed by atoms with Gasteiger partial charge >= 0.3 is 0 Å². The lowest BCUT2D eigenvalue weighted by molar-refractivity contribution is 0.624. The molecule has 3 rings (SSSR count). The maximum atomic E-state index is 9.70. The summed E-state index contributed by atoms with van der Waals surface area (Å²) in [7, 11) is 1.98. The Morgan fingerprint density at radius 3 is 2.46 bits per heavy atom. The maximum absolute atomic E-state index is 9.70. The number of hydrogen-bond donors (Lipinski definition) is 1. The molecule has 1 aliphatic heterocycles. The fourth-order valence-electron chi connectivity index (χ4n) is 3.07.